The van der Waals surface area contributed by atoms with E-state index >= 15 is 0 Å². The van der Waals surface area contributed by atoms with E-state index in [1.54, 1.807) is 6.21 Å². The smallest absolute Gasteiger partial charge is 0.237 e. The van der Waals surface area contributed by atoms with Crippen molar-refractivity contribution in [3.8, 4) is 0 Å². The van der Waals surface area contributed by atoms with Crippen LogP contribution in [0, 0.1) is 0 Å². The summed E-state index contributed by atoms with van der Waals surface area (Å²) in [6.07, 6.45) is 8.76. The van der Waals surface area contributed by atoms with Gasteiger partial charge in [0.2, 0.25) is 5.96 Å². The van der Waals surface area contributed by atoms with Crippen molar-refractivity contribution < 1.29 is 3.07 Å². The Balaban J connectivity index is 2.25. The summed E-state index contributed by atoms with van der Waals surface area (Å²) in [5, 5.41) is 0. The molecule has 3 aliphatic rings. The van der Waals surface area contributed by atoms with Crippen molar-refractivity contribution in [3.63, 3.8) is 0 Å². The molecule has 0 amide bonds. The number of rotatable bonds is 1. The van der Waals surface area contributed by atoms with Gasteiger partial charge < -0.3 is 0 Å². The summed E-state index contributed by atoms with van der Waals surface area (Å²) in [7, 11) is 0. The normalized spacial score (nSPS) is 21.5. The monoisotopic (exact) mass is 312 g/mol. The van der Waals surface area contributed by atoms with Crippen LogP contribution in [0.4, 0.5) is 0 Å². The van der Waals surface area contributed by atoms with E-state index in [-0.39, 0.29) is 0 Å². The predicted molar refractivity (Wildman–Crippen MR) is 65.2 cm³/mol. The molecule has 3 rings (SSSR count). The van der Waals surface area contributed by atoms with Crippen molar-refractivity contribution in [1.29, 1.82) is 0 Å². The SMILES string of the molecule is O=IC1=C2N=CN=C3N=CC=C(C=C1)N32. The first kappa shape index (κ1) is 8.84. The molecule has 0 aromatic heterocycles. The summed E-state index contributed by atoms with van der Waals surface area (Å²) in [5.74, 6) is 1.27. The van der Waals surface area contributed by atoms with E-state index in [0.717, 1.165) is 9.28 Å². The molecule has 0 unspecified atom stereocenters. The van der Waals surface area contributed by atoms with Crippen molar-refractivity contribution in [2.75, 3.05) is 0 Å². The van der Waals surface area contributed by atoms with E-state index in [1.165, 1.54) is 6.34 Å². The van der Waals surface area contributed by atoms with Crippen molar-refractivity contribution in [3.05, 3.63) is 33.3 Å². The van der Waals surface area contributed by atoms with Crippen LogP contribution >= 0.6 is 21.2 Å². The largest absolute Gasteiger partial charge is 0.265 e. The summed E-state index contributed by atoms with van der Waals surface area (Å²) in [6, 6.07) is 0. The number of allylic oxidation sites excluding steroid dienone is 4. The topological polar surface area (TPSA) is 57.4 Å². The first-order valence-corrected chi connectivity index (χ1v) is 6.20. The second kappa shape index (κ2) is 3.30. The van der Waals surface area contributed by atoms with Gasteiger partial charge in [0.1, 0.15) is 6.34 Å². The Kier molecular flexibility index (Phi) is 1.94. The second-order valence-electron chi connectivity index (χ2n) is 2.96. The molecule has 0 saturated carbocycles. The fraction of sp³-hybridized carbons (Fsp3) is 0. The fourth-order valence-corrected chi connectivity index (χ4v) is 2.42. The van der Waals surface area contributed by atoms with E-state index in [0.29, 0.717) is 11.8 Å². The highest BCUT2D eigenvalue weighted by atomic mass is 127. The first-order valence-electron chi connectivity index (χ1n) is 4.24. The maximum Gasteiger partial charge on any atom is 0.237 e. The summed E-state index contributed by atoms with van der Waals surface area (Å²) in [5.41, 5.74) is 0.955. The zero-order chi connectivity index (χ0) is 10.3. The molecule has 3 aliphatic heterocycles. The minimum Gasteiger partial charge on any atom is -0.265 e. The third kappa shape index (κ3) is 1.24. The van der Waals surface area contributed by atoms with Crippen molar-refractivity contribution in [2.45, 2.75) is 0 Å². The second-order valence-corrected chi connectivity index (χ2v) is 4.56. The van der Waals surface area contributed by atoms with Crippen LogP contribution in [0.3, 0.4) is 0 Å². The van der Waals surface area contributed by atoms with Crippen LogP contribution in [0.25, 0.3) is 0 Å². The molecule has 3 heterocycles. The lowest BCUT2D eigenvalue weighted by Gasteiger charge is -2.30. The van der Waals surface area contributed by atoms with Gasteiger partial charge in [0, 0.05) is 6.21 Å². The molecule has 0 radical (unpaired) electrons. The van der Waals surface area contributed by atoms with Gasteiger partial charge in [0.05, 0.1) is 9.28 Å². The molecular weight excluding hydrogens is 307 g/mol. The zero-order valence-corrected chi connectivity index (χ0v) is 9.62. The van der Waals surface area contributed by atoms with Gasteiger partial charge in [-0.25, -0.2) is 15.0 Å². The first-order chi connectivity index (χ1) is 7.40. The van der Waals surface area contributed by atoms with E-state index in [1.807, 2.05) is 23.1 Å². The highest BCUT2D eigenvalue weighted by Crippen LogP contribution is 2.33. The predicted octanol–water partition coefficient (Wildman–Crippen LogP) is 1.71. The third-order valence-electron chi connectivity index (χ3n) is 2.16. The van der Waals surface area contributed by atoms with Crippen LogP contribution in [-0.2, 0) is 3.07 Å². The molecule has 0 aromatic rings. The third-order valence-corrected chi connectivity index (χ3v) is 3.47. The Labute approximate surface area is 96.0 Å². The number of aliphatic imine (C=N–C) groups is 3. The van der Waals surface area contributed by atoms with Crippen molar-refractivity contribution in [2.24, 2.45) is 15.0 Å². The average molecular weight is 312 g/mol. The van der Waals surface area contributed by atoms with Crippen LogP contribution in [0.1, 0.15) is 0 Å². The maximum absolute atomic E-state index is 11.1. The molecule has 15 heavy (non-hydrogen) atoms. The Morgan fingerprint density at radius 3 is 3.07 bits per heavy atom. The lowest BCUT2D eigenvalue weighted by Crippen LogP contribution is -2.33. The zero-order valence-electron chi connectivity index (χ0n) is 7.46. The molecule has 0 spiro atoms. The maximum atomic E-state index is 11.1. The van der Waals surface area contributed by atoms with E-state index < -0.39 is 21.2 Å². The number of guanidine groups is 1. The van der Waals surface area contributed by atoms with Gasteiger partial charge in [-0.15, -0.1) is 0 Å². The molecule has 6 heteroatoms. The summed E-state index contributed by atoms with van der Waals surface area (Å²) in [6.45, 7) is 0. The number of hydrogen-bond acceptors (Lipinski definition) is 5. The molecule has 0 fully saturated rings. The molecule has 74 valence electrons. The van der Waals surface area contributed by atoms with Gasteiger partial charge in [-0.3, -0.25) is 7.97 Å². The summed E-state index contributed by atoms with van der Waals surface area (Å²) >= 11 is -1.23. The highest BCUT2D eigenvalue weighted by Gasteiger charge is 2.27. The van der Waals surface area contributed by atoms with Crippen LogP contribution in [0.5, 0.6) is 0 Å². The molecule has 0 aliphatic carbocycles. The highest BCUT2D eigenvalue weighted by molar-refractivity contribution is 14.2. The van der Waals surface area contributed by atoms with Crippen LogP contribution in [0.15, 0.2) is 48.3 Å². The van der Waals surface area contributed by atoms with Gasteiger partial charge >= 0.3 is 0 Å². The molecule has 0 saturated heterocycles. The van der Waals surface area contributed by atoms with Gasteiger partial charge in [0.15, 0.2) is 27.0 Å². The van der Waals surface area contributed by atoms with Gasteiger partial charge in [-0.1, -0.05) is 0 Å². The van der Waals surface area contributed by atoms with Gasteiger partial charge in [0.25, 0.3) is 0 Å². The number of halogens is 1. The molecule has 0 atom stereocenters. The minimum absolute atomic E-state index is 0.580. The van der Waals surface area contributed by atoms with Gasteiger partial charge in [-0.05, 0) is 18.2 Å². The van der Waals surface area contributed by atoms with E-state index in [9.17, 15) is 3.07 Å². The fourth-order valence-electron chi connectivity index (χ4n) is 1.52. The van der Waals surface area contributed by atoms with Crippen molar-refractivity contribution >= 4 is 39.7 Å². The van der Waals surface area contributed by atoms with Gasteiger partial charge in [-0.2, -0.15) is 0 Å². The van der Waals surface area contributed by atoms with Crippen LogP contribution < -0.4 is 0 Å². The molecule has 0 N–H and O–H groups in total. The number of hydrogen-bond donors (Lipinski definition) is 0. The summed E-state index contributed by atoms with van der Waals surface area (Å²) < 4.78 is 11.8. The Morgan fingerprint density at radius 1 is 1.27 bits per heavy atom. The Hall–Kier alpha value is -1.44. The van der Waals surface area contributed by atoms with E-state index in [4.69, 9.17) is 0 Å². The Bertz CT molecular complexity index is 516. The molecular formula is C9H5IN4O. The van der Waals surface area contributed by atoms with Crippen LogP contribution in [0.2, 0.25) is 0 Å². The average Bonchev–Trinajstić information content (AvgIpc) is 2.30. The van der Waals surface area contributed by atoms with Crippen molar-refractivity contribution in [1.82, 2.24) is 4.90 Å². The molecule has 0 aromatic carbocycles. The lowest BCUT2D eigenvalue weighted by molar-refractivity contribution is 0.618. The quantitative estimate of drug-likeness (QED) is 0.692. The molecule has 0 bridgehead atoms. The van der Waals surface area contributed by atoms with Crippen LogP contribution in [-0.4, -0.2) is 23.4 Å². The summed E-state index contributed by atoms with van der Waals surface area (Å²) in [4.78, 5) is 14.1. The minimum atomic E-state index is -1.23. The number of nitrogens with zero attached hydrogens (tertiary/aromatic N) is 4. The Morgan fingerprint density at radius 2 is 2.20 bits per heavy atom. The molecule has 5 nitrogen and oxygen atoms in total. The van der Waals surface area contributed by atoms with E-state index in [2.05, 4.69) is 15.0 Å². The standard InChI is InChI=1S/C9H5IN4O/c15-10-7-2-1-6-3-4-11-9-13-5-12-8(7)14(6)9/h1-5H. The lowest BCUT2D eigenvalue weighted by atomic mass is 10.2.